The van der Waals surface area contributed by atoms with Gasteiger partial charge in [-0.25, -0.2) is 15.0 Å². The number of benzene rings is 3. The van der Waals surface area contributed by atoms with Crippen molar-refractivity contribution in [3.63, 3.8) is 0 Å². The Morgan fingerprint density at radius 3 is 1.49 bits per heavy atom. The topological polar surface area (TPSA) is 136 Å². The Labute approximate surface area is 277 Å². The molecule has 0 saturated carbocycles. The fourth-order valence-electron chi connectivity index (χ4n) is 5.31. The number of aromatic hydroxyl groups is 1. The van der Waals surface area contributed by atoms with E-state index in [1.54, 1.807) is 48.5 Å². The van der Waals surface area contributed by atoms with Crippen LogP contribution in [0.3, 0.4) is 0 Å². The van der Waals surface area contributed by atoms with Gasteiger partial charge in [-0.1, -0.05) is 66.2 Å². The lowest BCUT2D eigenvalue weighted by Crippen LogP contribution is -2.11. The van der Waals surface area contributed by atoms with Crippen molar-refractivity contribution in [2.24, 2.45) is 22.2 Å². The summed E-state index contributed by atoms with van der Waals surface area (Å²) in [5.41, 5.74) is 1.59. The van der Waals surface area contributed by atoms with Gasteiger partial charge in [-0.2, -0.15) is 0 Å². The maximum Gasteiger partial charge on any atom is 0.166 e. The van der Waals surface area contributed by atoms with Gasteiger partial charge in [-0.05, 0) is 83.6 Å². The summed E-state index contributed by atoms with van der Waals surface area (Å²) in [6.45, 7) is 9.74. The van der Waals surface area contributed by atoms with Crippen LogP contribution >= 0.6 is 0 Å². The maximum atomic E-state index is 12.1. The normalized spacial score (nSPS) is 12.3. The van der Waals surface area contributed by atoms with E-state index in [0.29, 0.717) is 53.2 Å². The summed E-state index contributed by atoms with van der Waals surface area (Å²) in [5.74, 6) is 2.67. The summed E-state index contributed by atoms with van der Waals surface area (Å²) in [4.78, 5) is 38.2. The highest BCUT2D eigenvalue weighted by molar-refractivity contribution is 5.78. The monoisotopic (exact) mass is 639 g/mol. The molecule has 0 aliphatic carbocycles. The van der Waals surface area contributed by atoms with Crippen molar-refractivity contribution in [3.8, 4) is 51.4 Å². The third kappa shape index (κ3) is 9.64. The van der Waals surface area contributed by atoms with E-state index in [9.17, 15) is 14.9 Å². The molecular weight excluding hydrogens is 594 g/mol. The van der Waals surface area contributed by atoms with E-state index in [4.69, 9.17) is 9.47 Å². The van der Waals surface area contributed by atoms with Gasteiger partial charge in [0.1, 0.15) is 28.6 Å². The van der Waals surface area contributed by atoms with Gasteiger partial charge in [-0.3, -0.25) is 0 Å². The van der Waals surface area contributed by atoms with Crippen molar-refractivity contribution < 1.29 is 14.6 Å². The molecule has 1 N–H and O–H groups in total. The first kappa shape index (κ1) is 35.1. The lowest BCUT2D eigenvalue weighted by Gasteiger charge is -2.16. The van der Waals surface area contributed by atoms with Crippen LogP contribution < -0.4 is 9.47 Å². The highest BCUT2D eigenvalue weighted by Crippen LogP contribution is 2.37. The lowest BCUT2D eigenvalue weighted by molar-refractivity contribution is 0.233. The molecule has 3 aromatic carbocycles. The van der Waals surface area contributed by atoms with Gasteiger partial charge in [0.2, 0.25) is 0 Å². The van der Waals surface area contributed by atoms with Crippen molar-refractivity contribution in [2.75, 3.05) is 13.2 Å². The van der Waals surface area contributed by atoms with Crippen LogP contribution in [0.5, 0.6) is 17.2 Å². The Bertz CT molecular complexity index is 1520. The molecule has 0 spiro atoms. The van der Waals surface area contributed by atoms with E-state index < -0.39 is 0 Å². The maximum absolute atomic E-state index is 12.1. The van der Waals surface area contributed by atoms with E-state index in [2.05, 4.69) is 53.0 Å². The molecule has 1 aromatic heterocycles. The van der Waals surface area contributed by atoms with Gasteiger partial charge in [-0.15, -0.1) is 9.81 Å². The van der Waals surface area contributed by atoms with Crippen LogP contribution in [-0.4, -0.2) is 33.3 Å². The molecule has 0 fully saturated rings. The van der Waals surface area contributed by atoms with Crippen molar-refractivity contribution in [3.05, 3.63) is 70.5 Å². The fourth-order valence-corrected chi connectivity index (χ4v) is 5.31. The van der Waals surface area contributed by atoms with Crippen molar-refractivity contribution >= 4 is 11.4 Å². The molecule has 4 aromatic rings. The second kappa shape index (κ2) is 17.8. The summed E-state index contributed by atoms with van der Waals surface area (Å²) < 4.78 is 12.1. The number of rotatable bonds is 19. The van der Waals surface area contributed by atoms with Crippen molar-refractivity contribution in [1.29, 1.82) is 0 Å². The summed E-state index contributed by atoms with van der Waals surface area (Å²) in [7, 11) is 0. The highest BCUT2D eigenvalue weighted by Gasteiger charge is 2.19. The molecule has 4 rings (SSSR count). The van der Waals surface area contributed by atoms with E-state index in [0.717, 1.165) is 51.4 Å². The minimum Gasteiger partial charge on any atom is -0.508 e. The van der Waals surface area contributed by atoms with Crippen LogP contribution in [0.2, 0.25) is 0 Å². The third-order valence-corrected chi connectivity index (χ3v) is 8.44. The number of hydrogen-bond donors (Lipinski definition) is 1. The van der Waals surface area contributed by atoms with Gasteiger partial charge in [0, 0.05) is 28.8 Å². The average Bonchev–Trinajstić information content (AvgIpc) is 3.11. The number of phenolic OH excluding ortho intramolecular Hbond substituents is 1. The number of phenols is 1. The molecule has 0 radical (unpaired) electrons. The number of hydrogen-bond acceptors (Lipinski definition) is 10. The Morgan fingerprint density at radius 2 is 1.09 bits per heavy atom. The summed E-state index contributed by atoms with van der Waals surface area (Å²) in [5, 5.41) is 16.4. The molecule has 0 amide bonds. The Kier molecular flexibility index (Phi) is 13.3. The van der Waals surface area contributed by atoms with E-state index in [1.165, 1.54) is 12.1 Å². The minimum atomic E-state index is 0.0920. The van der Waals surface area contributed by atoms with E-state index in [-0.39, 0.29) is 34.6 Å². The average molecular weight is 640 g/mol. The zero-order valence-electron chi connectivity index (χ0n) is 27.8. The van der Waals surface area contributed by atoms with Crippen LogP contribution in [0.15, 0.2) is 71.0 Å². The first-order valence-corrected chi connectivity index (χ1v) is 16.7. The van der Waals surface area contributed by atoms with Gasteiger partial charge < -0.3 is 14.6 Å². The standard InChI is InChI=1S/C37H45N5O5/c1-5-9-11-25(7-3)23-46-29-17-19-31(33(21-29)41-44)36-38-35(27-13-15-28(43)16-14-27)39-37(40-36)32-20-18-30(22-34(32)42-45)47-24-26(8-4)12-10-6-2/h13-22,25-26,43H,5-12,23-24H2,1-4H3. The number of nitrogens with zero attached hydrogens (tertiary/aromatic N) is 5. The molecule has 47 heavy (non-hydrogen) atoms. The SMILES string of the molecule is CCCCC(CC)COc1ccc(-c2nc(-c3ccc(O)cc3)nc(-c3ccc(OCC(CC)CCCC)cc3N=O)n2)c(N=O)c1. The van der Waals surface area contributed by atoms with Crippen LogP contribution in [0.4, 0.5) is 11.4 Å². The van der Waals surface area contributed by atoms with Crippen LogP contribution in [0.1, 0.15) is 79.1 Å². The molecule has 0 aliphatic heterocycles. The van der Waals surface area contributed by atoms with Gasteiger partial charge in [0.05, 0.1) is 13.2 Å². The molecule has 10 heteroatoms. The number of nitroso groups, excluding NO2 is 2. The molecule has 1 heterocycles. The summed E-state index contributed by atoms with van der Waals surface area (Å²) in [6.07, 6.45) is 8.73. The molecule has 2 atom stereocenters. The molecular formula is C37H45N5O5. The molecule has 248 valence electrons. The first-order valence-electron chi connectivity index (χ1n) is 16.7. The fraction of sp³-hybridized carbons (Fsp3) is 0.432. The van der Waals surface area contributed by atoms with E-state index >= 15 is 0 Å². The lowest BCUT2D eigenvalue weighted by atomic mass is 10.0. The van der Waals surface area contributed by atoms with Crippen LogP contribution in [0.25, 0.3) is 34.2 Å². The van der Waals surface area contributed by atoms with Crippen LogP contribution in [0, 0.1) is 21.6 Å². The van der Waals surface area contributed by atoms with Gasteiger partial charge >= 0.3 is 0 Å². The van der Waals surface area contributed by atoms with Gasteiger partial charge in [0.25, 0.3) is 0 Å². The third-order valence-electron chi connectivity index (χ3n) is 8.44. The molecule has 0 aliphatic rings. The van der Waals surface area contributed by atoms with Gasteiger partial charge in [0.15, 0.2) is 17.5 Å². The second-order valence-corrected chi connectivity index (χ2v) is 11.8. The Balaban J connectivity index is 1.71. The molecule has 0 saturated heterocycles. The van der Waals surface area contributed by atoms with Crippen molar-refractivity contribution in [1.82, 2.24) is 15.0 Å². The Morgan fingerprint density at radius 1 is 0.638 bits per heavy atom. The zero-order chi connectivity index (χ0) is 33.6. The quantitative estimate of drug-likeness (QED) is 0.100. The minimum absolute atomic E-state index is 0.0920. The number of ether oxygens (including phenoxy) is 2. The van der Waals surface area contributed by atoms with Crippen molar-refractivity contribution in [2.45, 2.75) is 79.1 Å². The highest BCUT2D eigenvalue weighted by atomic mass is 16.5. The van der Waals surface area contributed by atoms with Crippen LogP contribution in [-0.2, 0) is 0 Å². The summed E-state index contributed by atoms with van der Waals surface area (Å²) >= 11 is 0. The largest absolute Gasteiger partial charge is 0.508 e. The predicted octanol–water partition coefficient (Wildman–Crippen LogP) is 10.6. The zero-order valence-corrected chi connectivity index (χ0v) is 27.8. The molecule has 10 nitrogen and oxygen atoms in total. The summed E-state index contributed by atoms with van der Waals surface area (Å²) in [6, 6.07) is 16.5. The molecule has 0 bridgehead atoms. The smallest absolute Gasteiger partial charge is 0.166 e. The number of aromatic nitrogens is 3. The Hall–Kier alpha value is -4.73. The second-order valence-electron chi connectivity index (χ2n) is 11.8. The predicted molar refractivity (Wildman–Crippen MR) is 186 cm³/mol. The first-order chi connectivity index (χ1) is 22.9. The molecule has 2 unspecified atom stereocenters. The van der Waals surface area contributed by atoms with E-state index in [1.807, 2.05) is 0 Å². The number of unbranched alkanes of at least 4 members (excludes halogenated alkanes) is 2.